The molecule has 0 heterocycles. The molecule has 0 rings (SSSR count). The van der Waals surface area contributed by atoms with E-state index in [4.69, 9.17) is 0 Å². The fourth-order valence-electron chi connectivity index (χ4n) is 0.363. The third-order valence-electron chi connectivity index (χ3n) is 0.822. The van der Waals surface area contributed by atoms with Crippen molar-refractivity contribution in [3.05, 3.63) is 0 Å². The monoisotopic (exact) mass is 323 g/mol. The van der Waals surface area contributed by atoms with Gasteiger partial charge in [-0.1, -0.05) is 0 Å². The van der Waals surface area contributed by atoms with E-state index in [1.54, 1.807) is 0 Å². The summed E-state index contributed by atoms with van der Waals surface area (Å²) >= 11 is -0.888. The van der Waals surface area contributed by atoms with Crippen molar-refractivity contribution < 1.29 is 23.0 Å². The summed E-state index contributed by atoms with van der Waals surface area (Å²) in [6, 6.07) is 0. The Balaban J connectivity index is 3.80. The van der Waals surface area contributed by atoms with Crippen molar-refractivity contribution in [3.8, 4) is 0 Å². The van der Waals surface area contributed by atoms with Gasteiger partial charge in [0.2, 0.25) is 0 Å². The molecule has 0 bridgehead atoms. The van der Waals surface area contributed by atoms with Crippen molar-refractivity contribution >= 4 is 0 Å². The van der Waals surface area contributed by atoms with E-state index >= 15 is 0 Å². The van der Waals surface area contributed by atoms with Crippen molar-refractivity contribution in [2.24, 2.45) is 2.92 Å². The van der Waals surface area contributed by atoms with Crippen LogP contribution in [-0.4, -0.2) is 11.1 Å². The van der Waals surface area contributed by atoms with Gasteiger partial charge in [0.1, 0.15) is 0 Å². The zero-order chi connectivity index (χ0) is 9.12. The quantitative estimate of drug-likeness (QED) is 0.737. The van der Waals surface area contributed by atoms with Crippen LogP contribution >= 0.6 is 0 Å². The van der Waals surface area contributed by atoms with Crippen LogP contribution in [0, 0.1) is 0 Å². The van der Waals surface area contributed by atoms with Crippen LogP contribution in [-0.2, 0) is 23.0 Å². The Morgan fingerprint density at radius 1 is 1.00 bits per heavy atom. The first-order valence-electron chi connectivity index (χ1n) is 3.95. The van der Waals surface area contributed by atoms with Crippen LogP contribution in [0.3, 0.4) is 0 Å². The Labute approximate surface area is 81.8 Å². The van der Waals surface area contributed by atoms with Crippen LogP contribution in [0.25, 0.3) is 0 Å². The summed E-state index contributed by atoms with van der Waals surface area (Å²) < 4.78 is 8.13. The molecule has 0 saturated carbocycles. The van der Waals surface area contributed by atoms with Gasteiger partial charge in [-0.15, -0.1) is 0 Å². The van der Waals surface area contributed by atoms with Gasteiger partial charge in [-0.2, -0.15) is 0 Å². The summed E-state index contributed by atoms with van der Waals surface area (Å²) in [6.45, 7) is 13.0. The first-order valence-corrected chi connectivity index (χ1v) is 7.35. The molecule has 0 spiro atoms. The van der Waals surface area contributed by atoms with Gasteiger partial charge < -0.3 is 0 Å². The maximum absolute atomic E-state index is 4.63. The molecule has 0 unspecified atom stereocenters. The SMILES string of the molecule is CC(C)(C)/[N]=[Hf]/[NH]C(C)(C)C. The molecule has 65 valence electrons. The van der Waals surface area contributed by atoms with E-state index in [2.05, 4.69) is 47.8 Å². The van der Waals surface area contributed by atoms with Gasteiger partial charge >= 0.3 is 81.9 Å². The summed E-state index contributed by atoms with van der Waals surface area (Å²) in [4.78, 5) is 0. The molecule has 0 aromatic heterocycles. The Morgan fingerprint density at radius 2 is 1.45 bits per heavy atom. The Kier molecular flexibility index (Phi) is 4.27. The summed E-state index contributed by atoms with van der Waals surface area (Å²) in [5.74, 6) is 0. The molecule has 0 atom stereocenters. The number of hydrogen-bond donors (Lipinski definition) is 1. The van der Waals surface area contributed by atoms with Gasteiger partial charge in [0.25, 0.3) is 0 Å². The second-order valence-electron chi connectivity index (χ2n) is 4.77. The summed E-state index contributed by atoms with van der Waals surface area (Å²) in [7, 11) is 0. The van der Waals surface area contributed by atoms with E-state index < -0.39 is 23.0 Å². The molecule has 11 heavy (non-hydrogen) atoms. The van der Waals surface area contributed by atoms with Crippen LogP contribution in [0.15, 0.2) is 2.92 Å². The molecule has 0 fully saturated rings. The maximum atomic E-state index is 4.63. The normalized spacial score (nSPS) is 13.6. The van der Waals surface area contributed by atoms with Crippen molar-refractivity contribution in [2.45, 2.75) is 52.6 Å². The Hall–Kier alpha value is 0.630. The first-order chi connectivity index (χ1) is 4.71. The fraction of sp³-hybridized carbons (Fsp3) is 1.00. The van der Waals surface area contributed by atoms with Crippen molar-refractivity contribution in [2.75, 3.05) is 0 Å². The molecule has 0 saturated heterocycles. The molecule has 0 aromatic rings. The molecule has 0 radical (unpaired) electrons. The average molecular weight is 322 g/mol. The second kappa shape index (κ2) is 4.04. The molecule has 0 aliphatic heterocycles. The van der Waals surface area contributed by atoms with Gasteiger partial charge in [-0.3, -0.25) is 0 Å². The number of rotatable bonds is 1. The Morgan fingerprint density at radius 3 is 1.73 bits per heavy atom. The molecule has 0 aliphatic rings. The van der Waals surface area contributed by atoms with Crippen molar-refractivity contribution in [3.63, 3.8) is 0 Å². The molecule has 1 N–H and O–H groups in total. The van der Waals surface area contributed by atoms with Gasteiger partial charge in [-0.05, 0) is 0 Å². The molecular weight excluding hydrogens is 303 g/mol. The van der Waals surface area contributed by atoms with E-state index in [1.807, 2.05) is 0 Å². The average Bonchev–Trinajstić information content (AvgIpc) is 1.55. The van der Waals surface area contributed by atoms with E-state index in [0.717, 1.165) is 0 Å². The predicted molar refractivity (Wildman–Crippen MR) is 45.1 cm³/mol. The number of nitrogens with one attached hydrogen (secondary N) is 1. The number of hydrogen-bond acceptors (Lipinski definition) is 1. The third-order valence-corrected chi connectivity index (χ3v) is 6.73. The van der Waals surface area contributed by atoms with Crippen LogP contribution in [0.2, 0.25) is 0 Å². The predicted octanol–water partition coefficient (Wildman–Crippen LogP) is 2.35. The van der Waals surface area contributed by atoms with E-state index in [-0.39, 0.29) is 11.1 Å². The zero-order valence-electron chi connectivity index (χ0n) is 8.45. The first kappa shape index (κ1) is 11.6. The van der Waals surface area contributed by atoms with Crippen LogP contribution in [0.4, 0.5) is 0 Å². The van der Waals surface area contributed by atoms with E-state index in [0.29, 0.717) is 0 Å². The van der Waals surface area contributed by atoms with Gasteiger partial charge in [0.05, 0.1) is 0 Å². The van der Waals surface area contributed by atoms with Crippen LogP contribution in [0.1, 0.15) is 41.5 Å². The summed E-state index contributed by atoms with van der Waals surface area (Å²) in [5.41, 5.74) is 0.430. The van der Waals surface area contributed by atoms with Gasteiger partial charge in [-0.25, -0.2) is 0 Å². The summed E-state index contributed by atoms with van der Waals surface area (Å²) in [5, 5.41) is 0. The molecule has 0 aliphatic carbocycles. The van der Waals surface area contributed by atoms with E-state index in [1.165, 1.54) is 0 Å². The topological polar surface area (TPSA) is 24.4 Å². The van der Waals surface area contributed by atoms with Crippen LogP contribution in [0.5, 0.6) is 0 Å². The summed E-state index contributed by atoms with van der Waals surface area (Å²) in [6.07, 6.45) is 0. The molecule has 0 aromatic carbocycles. The molecule has 3 heteroatoms. The molecule has 0 amide bonds. The van der Waals surface area contributed by atoms with E-state index in [9.17, 15) is 0 Å². The van der Waals surface area contributed by atoms with Gasteiger partial charge in [0, 0.05) is 0 Å². The zero-order valence-corrected chi connectivity index (χ0v) is 12.0. The molecule has 2 nitrogen and oxygen atoms in total. The van der Waals surface area contributed by atoms with Gasteiger partial charge in [0.15, 0.2) is 0 Å². The van der Waals surface area contributed by atoms with Crippen LogP contribution < -0.4 is 3.30 Å². The minimum absolute atomic E-state index is 0.168. The minimum atomic E-state index is -0.888. The Bertz CT molecular complexity index is 139. The van der Waals surface area contributed by atoms with Crippen molar-refractivity contribution in [1.82, 2.24) is 3.30 Å². The fourth-order valence-corrected chi connectivity index (χ4v) is 2.97. The van der Waals surface area contributed by atoms with Crippen molar-refractivity contribution in [1.29, 1.82) is 0 Å². The third kappa shape index (κ3) is 10.6. The second-order valence-corrected chi connectivity index (χ2v) is 7.27. The standard InChI is InChI=1S/C4H10N.C4H9N.Hf/c2*1-4(2,3)5;/h5H,1-3H3;1-3H3;/q-1;;+1. The number of nitrogens with zero attached hydrogens (tertiary/aromatic N) is 1. The molecular formula is C8H19HfN2.